The number of hydrogen-bond acceptors (Lipinski definition) is 10. The maximum absolute atomic E-state index is 11.9. The molecule has 4 aromatic rings. The average molecular weight is 827 g/mol. The Bertz CT molecular complexity index is 2000. The third kappa shape index (κ3) is 15.9. The maximum Gasteiger partial charge on any atom is 0.333 e. The molecule has 324 valence electrons. The molecule has 0 radical (unpaired) electrons. The molecule has 0 amide bonds. The number of nitrogens with zero attached hydrogens (tertiary/aromatic N) is 1. The van der Waals surface area contributed by atoms with E-state index in [0.717, 1.165) is 32.7 Å². The lowest BCUT2D eigenvalue weighted by Crippen LogP contribution is -2.67. The van der Waals surface area contributed by atoms with Gasteiger partial charge in [-0.2, -0.15) is 0 Å². The molecule has 0 aliphatic carbocycles. The van der Waals surface area contributed by atoms with E-state index in [4.69, 9.17) is 14.2 Å². The minimum absolute atomic E-state index is 0. The van der Waals surface area contributed by atoms with Crippen molar-refractivity contribution >= 4 is 51.4 Å². The van der Waals surface area contributed by atoms with E-state index >= 15 is 0 Å². The fourth-order valence-corrected chi connectivity index (χ4v) is 6.73. The summed E-state index contributed by atoms with van der Waals surface area (Å²) in [6.07, 6.45) is 0.510. The third-order valence-corrected chi connectivity index (χ3v) is 10.1. The number of aliphatic carboxylic acids is 2. The van der Waals surface area contributed by atoms with Crippen molar-refractivity contribution in [2.45, 2.75) is 79.3 Å². The van der Waals surface area contributed by atoms with Crippen molar-refractivity contribution < 1.29 is 52.9 Å². The minimum Gasteiger partial charge on any atom is -0.550 e. The molecule has 0 heterocycles. The Balaban J connectivity index is 0.000000506. The molecule has 0 aliphatic rings. The zero-order chi connectivity index (χ0) is 44.3. The van der Waals surface area contributed by atoms with Gasteiger partial charge >= 0.3 is 17.9 Å². The lowest BCUT2D eigenvalue weighted by atomic mass is 9.91. The summed E-state index contributed by atoms with van der Waals surface area (Å²) in [5.41, 5.74) is 2.26. The van der Waals surface area contributed by atoms with Crippen molar-refractivity contribution in [3.63, 3.8) is 0 Å². The first-order valence-corrected chi connectivity index (χ1v) is 19.4. The summed E-state index contributed by atoms with van der Waals surface area (Å²) in [4.78, 5) is 56.5. The second-order valence-electron chi connectivity index (χ2n) is 15.3. The molecule has 0 aromatic heterocycles. The number of carboxylic acids is 2. The van der Waals surface area contributed by atoms with E-state index in [1.807, 2.05) is 84.9 Å². The smallest absolute Gasteiger partial charge is 0.333 e. The van der Waals surface area contributed by atoms with Crippen molar-refractivity contribution in [2.75, 3.05) is 32.9 Å². The minimum atomic E-state index is -1.04. The predicted molar refractivity (Wildman–Crippen MR) is 232 cm³/mol. The van der Waals surface area contributed by atoms with Crippen LogP contribution in [0.4, 0.5) is 0 Å². The molecule has 4 rings (SSSR count). The third-order valence-electron chi connectivity index (χ3n) is 10.1. The monoisotopic (exact) mass is 826 g/mol. The van der Waals surface area contributed by atoms with Crippen LogP contribution in [0.25, 0.3) is 21.5 Å². The zero-order valence-electron chi connectivity index (χ0n) is 36.5. The van der Waals surface area contributed by atoms with Crippen LogP contribution in [-0.4, -0.2) is 78.8 Å². The van der Waals surface area contributed by atoms with Crippen LogP contribution in [0.2, 0.25) is 0 Å². The second kappa shape index (κ2) is 24.7. The lowest BCUT2D eigenvalue weighted by Gasteiger charge is -2.53. The van der Waals surface area contributed by atoms with Crippen LogP contribution in [0, 0.1) is 0 Å². The number of ether oxygens (including phenoxy) is 3. The first-order chi connectivity index (χ1) is 27.7. The predicted octanol–water partition coefficient (Wildman–Crippen LogP) is 6.38. The molecule has 0 fully saturated rings. The van der Waals surface area contributed by atoms with Crippen LogP contribution in [0.5, 0.6) is 0 Å². The van der Waals surface area contributed by atoms with Crippen molar-refractivity contribution in [1.82, 2.24) is 6.15 Å². The Labute approximate surface area is 354 Å². The molecule has 0 saturated heterocycles. The summed E-state index contributed by atoms with van der Waals surface area (Å²) >= 11 is 0. The molecular formula is C48H62N2O10. The van der Waals surface area contributed by atoms with Crippen LogP contribution < -0.4 is 16.4 Å². The van der Waals surface area contributed by atoms with E-state index in [9.17, 15) is 34.2 Å². The van der Waals surface area contributed by atoms with Crippen LogP contribution in [0.1, 0.15) is 66.0 Å². The van der Waals surface area contributed by atoms with Gasteiger partial charge in [0.05, 0.1) is 18.2 Å². The second-order valence-corrected chi connectivity index (χ2v) is 15.3. The van der Waals surface area contributed by atoms with Gasteiger partial charge in [0.25, 0.3) is 0 Å². The van der Waals surface area contributed by atoms with Crippen molar-refractivity contribution in [3.8, 4) is 0 Å². The molecule has 60 heavy (non-hydrogen) atoms. The van der Waals surface area contributed by atoms with Crippen LogP contribution in [0.15, 0.2) is 121 Å². The van der Waals surface area contributed by atoms with Gasteiger partial charge in [-0.15, -0.1) is 0 Å². The number of esters is 3. The Hall–Kier alpha value is -6.11. The number of carbonyl (C=O) groups is 5. The molecule has 0 atom stereocenters. The summed E-state index contributed by atoms with van der Waals surface area (Å²) in [6.45, 7) is 25.5. The Kier molecular flexibility index (Phi) is 21.4. The molecular weight excluding hydrogens is 765 g/mol. The summed E-state index contributed by atoms with van der Waals surface area (Å²) in [5, 5.41) is 25.1. The van der Waals surface area contributed by atoms with E-state index in [-0.39, 0.29) is 50.4 Å². The quantitative estimate of drug-likeness (QED) is 0.0509. The van der Waals surface area contributed by atoms with Crippen LogP contribution >= 0.6 is 0 Å². The van der Waals surface area contributed by atoms with Gasteiger partial charge in [-0.3, -0.25) is 0 Å². The van der Waals surface area contributed by atoms with Crippen molar-refractivity contribution in [2.24, 2.45) is 0 Å². The van der Waals surface area contributed by atoms with Crippen molar-refractivity contribution in [3.05, 3.63) is 133 Å². The van der Waals surface area contributed by atoms with Gasteiger partial charge in [0.1, 0.15) is 26.3 Å². The molecule has 0 unspecified atom stereocenters. The molecule has 0 spiro atoms. The summed E-state index contributed by atoms with van der Waals surface area (Å²) in [5.74, 6) is -3.39. The van der Waals surface area contributed by atoms with Gasteiger partial charge in [0, 0.05) is 47.9 Å². The number of fused-ring (bicyclic) bond motifs is 2. The first kappa shape index (κ1) is 51.9. The number of rotatable bonds is 18. The molecule has 0 bridgehead atoms. The van der Waals surface area contributed by atoms with E-state index in [2.05, 4.69) is 47.4 Å². The topological polar surface area (TPSA) is 196 Å². The van der Waals surface area contributed by atoms with Gasteiger partial charge in [-0.1, -0.05) is 105 Å². The highest BCUT2D eigenvalue weighted by molar-refractivity contribution is 5.90. The van der Waals surface area contributed by atoms with Gasteiger partial charge in [-0.05, 0) is 81.1 Å². The first-order valence-electron chi connectivity index (χ1n) is 19.4. The number of benzene rings is 4. The highest BCUT2D eigenvalue weighted by Gasteiger charge is 2.46. The fraction of sp³-hybridized carbons (Fsp3) is 0.354. The normalized spacial score (nSPS) is 10.8. The highest BCUT2D eigenvalue weighted by atomic mass is 16.5. The largest absolute Gasteiger partial charge is 0.550 e. The Morgan fingerprint density at radius 1 is 0.583 bits per heavy atom. The molecule has 0 saturated carbocycles. The highest BCUT2D eigenvalue weighted by Crippen LogP contribution is 2.32. The van der Waals surface area contributed by atoms with Crippen molar-refractivity contribution in [1.29, 1.82) is 0 Å². The van der Waals surface area contributed by atoms with Crippen LogP contribution in [0.3, 0.4) is 0 Å². The molecule has 4 aromatic carbocycles. The molecule has 12 nitrogen and oxygen atoms in total. The summed E-state index contributed by atoms with van der Waals surface area (Å²) in [7, 11) is 0. The van der Waals surface area contributed by atoms with Gasteiger partial charge in [-0.25, -0.2) is 14.4 Å². The lowest BCUT2D eigenvalue weighted by molar-refractivity contribution is -0.991. The molecule has 4 N–H and O–H groups in total. The van der Waals surface area contributed by atoms with Gasteiger partial charge in [0.15, 0.2) is 0 Å². The van der Waals surface area contributed by atoms with Gasteiger partial charge < -0.3 is 44.6 Å². The van der Waals surface area contributed by atoms with E-state index in [1.54, 1.807) is 20.8 Å². The van der Waals surface area contributed by atoms with E-state index in [1.165, 1.54) is 0 Å². The molecule has 0 aliphatic heterocycles. The standard InChI is InChI=1S/C24H40NO6.2C12H10O2.H3N/c1-17(2)21(26)29-14-11-24(9,10)25(20(7)8,12-15-30-22(27)18(3)4)13-16-31-23(28)19(5)6;2*13-12(14)8-10-6-3-5-9-4-1-2-7-11(9)10;/h20H,1,3,5,11-16H2,2,4,6-10H3;2*1-7H,8H2,(H,13,14);1H3/q+1;;;/p-1. The fourth-order valence-electron chi connectivity index (χ4n) is 6.73. The number of carboxylic acid groups (broad SMARTS) is 2. The van der Waals surface area contributed by atoms with E-state index in [0.29, 0.717) is 40.7 Å². The Morgan fingerprint density at radius 3 is 1.25 bits per heavy atom. The maximum atomic E-state index is 11.9. The number of hydrogen-bond donors (Lipinski definition) is 1. The zero-order valence-corrected chi connectivity index (χ0v) is 36.5. The number of carbonyl (C=O) groups excluding carboxylic acids is 5. The summed E-state index contributed by atoms with van der Waals surface area (Å²) < 4.78 is 16.6. The summed E-state index contributed by atoms with van der Waals surface area (Å²) in [6, 6.07) is 26.9. The average Bonchev–Trinajstić information content (AvgIpc) is 3.17. The van der Waals surface area contributed by atoms with E-state index < -0.39 is 29.8 Å². The molecule has 12 heteroatoms. The Morgan fingerprint density at radius 2 is 0.917 bits per heavy atom. The SMILES string of the molecule is C=C(C)C(=O)OCCC(C)(C)[N+](CCOC(=O)C(=C)C)(CCOC(=O)C(=C)C)C(C)C.O=C([O-])Cc1cccc2ccccc12.O=C([O-])Cc1cccc2ccccc12.[NH4+]. The number of quaternary nitrogens is 2. The van der Waals surface area contributed by atoms with Crippen LogP contribution in [-0.2, 0) is 51.0 Å². The van der Waals surface area contributed by atoms with Gasteiger partial charge in [0.2, 0.25) is 0 Å².